The van der Waals surface area contributed by atoms with Crippen LogP contribution in [-0.2, 0) is 42.9 Å². The lowest BCUT2D eigenvalue weighted by Crippen LogP contribution is -2.51. The second-order valence-corrected chi connectivity index (χ2v) is 5.04. The number of carbonyl (C=O) groups is 4. The van der Waals surface area contributed by atoms with Crippen LogP contribution in [0.2, 0.25) is 0 Å². The Morgan fingerprint density at radius 2 is 1.21 bits per heavy atom. The van der Waals surface area contributed by atoms with Crippen molar-refractivity contribution >= 4 is 23.9 Å². The Labute approximate surface area is 140 Å². The maximum atomic E-state index is 11.4. The van der Waals surface area contributed by atoms with E-state index in [-0.39, 0.29) is 6.61 Å². The van der Waals surface area contributed by atoms with Gasteiger partial charge in [0.05, 0.1) is 0 Å². The van der Waals surface area contributed by atoms with Gasteiger partial charge < -0.3 is 23.7 Å². The first-order valence-corrected chi connectivity index (χ1v) is 7.26. The maximum Gasteiger partial charge on any atom is 0.303 e. The van der Waals surface area contributed by atoms with E-state index in [1.165, 1.54) is 27.9 Å². The van der Waals surface area contributed by atoms with E-state index in [0.717, 1.165) is 13.8 Å². The average molecular weight is 348 g/mol. The summed E-state index contributed by atoms with van der Waals surface area (Å²) >= 11 is 0. The summed E-state index contributed by atoms with van der Waals surface area (Å²) < 4.78 is 25.4. The monoisotopic (exact) mass is 348 g/mol. The molecule has 9 heteroatoms. The van der Waals surface area contributed by atoms with Gasteiger partial charge >= 0.3 is 23.9 Å². The molecule has 0 radical (unpaired) electrons. The van der Waals surface area contributed by atoms with Crippen LogP contribution >= 0.6 is 0 Å². The van der Waals surface area contributed by atoms with Crippen molar-refractivity contribution in [3.05, 3.63) is 0 Å². The Morgan fingerprint density at radius 1 is 0.750 bits per heavy atom. The normalized spacial score (nSPS) is 15.4. The number of esters is 4. The van der Waals surface area contributed by atoms with Gasteiger partial charge in [-0.05, 0) is 6.92 Å². The molecule has 24 heavy (non-hydrogen) atoms. The van der Waals surface area contributed by atoms with Crippen LogP contribution in [-0.4, -0.2) is 62.0 Å². The van der Waals surface area contributed by atoms with Crippen molar-refractivity contribution in [2.24, 2.45) is 0 Å². The fraction of sp³-hybridized carbons (Fsp3) is 0.733. The van der Waals surface area contributed by atoms with Crippen LogP contribution in [0.1, 0.15) is 34.6 Å². The molecule has 0 aromatic carbocycles. The summed E-state index contributed by atoms with van der Waals surface area (Å²) in [6.07, 6.45) is -4.15. The molecule has 0 saturated heterocycles. The molecular formula is C15H24O9. The summed E-state index contributed by atoms with van der Waals surface area (Å²) in [6.45, 7) is 5.95. The third-order valence-corrected chi connectivity index (χ3v) is 2.86. The maximum absolute atomic E-state index is 11.4. The second-order valence-electron chi connectivity index (χ2n) is 5.04. The van der Waals surface area contributed by atoms with Crippen LogP contribution in [0.15, 0.2) is 0 Å². The summed E-state index contributed by atoms with van der Waals surface area (Å²) in [4.78, 5) is 45.0. The molecule has 9 nitrogen and oxygen atoms in total. The molecule has 0 aliphatic carbocycles. The Kier molecular flexibility index (Phi) is 9.63. The molecule has 0 aromatic heterocycles. The van der Waals surface area contributed by atoms with Crippen LogP contribution in [0.4, 0.5) is 0 Å². The summed E-state index contributed by atoms with van der Waals surface area (Å²) in [5.41, 5.74) is 0. The number of methoxy groups -OCH3 is 1. The smallest absolute Gasteiger partial charge is 0.303 e. The van der Waals surface area contributed by atoms with E-state index in [4.69, 9.17) is 23.7 Å². The van der Waals surface area contributed by atoms with Crippen LogP contribution in [0.3, 0.4) is 0 Å². The lowest BCUT2D eigenvalue weighted by molar-refractivity contribution is -0.197. The molecule has 0 saturated carbocycles. The van der Waals surface area contributed by atoms with Crippen molar-refractivity contribution in [2.75, 3.05) is 13.7 Å². The number of rotatable bonds is 9. The predicted octanol–water partition coefficient (Wildman–Crippen LogP) is 0.380. The van der Waals surface area contributed by atoms with Gasteiger partial charge in [-0.3, -0.25) is 19.2 Å². The molecule has 0 aliphatic rings. The highest BCUT2D eigenvalue weighted by atomic mass is 16.6. The van der Waals surface area contributed by atoms with Crippen molar-refractivity contribution in [3.8, 4) is 0 Å². The SMILES string of the molecule is COC(COC(C)=O)C(OC(C)=O)C(OC(C)=O)C(C)OC(C)=O. The molecule has 4 atom stereocenters. The topological polar surface area (TPSA) is 114 Å². The Balaban J connectivity index is 5.52. The molecule has 0 fully saturated rings. The van der Waals surface area contributed by atoms with Gasteiger partial charge in [-0.1, -0.05) is 0 Å². The minimum absolute atomic E-state index is 0.242. The van der Waals surface area contributed by atoms with Crippen LogP contribution in [0, 0.1) is 0 Å². The fourth-order valence-corrected chi connectivity index (χ4v) is 1.99. The fourth-order valence-electron chi connectivity index (χ4n) is 1.99. The molecule has 0 heterocycles. The van der Waals surface area contributed by atoms with Crippen molar-refractivity contribution in [1.82, 2.24) is 0 Å². The first-order valence-electron chi connectivity index (χ1n) is 7.26. The summed E-state index contributed by atoms with van der Waals surface area (Å²) in [6, 6.07) is 0. The van der Waals surface area contributed by atoms with Gasteiger partial charge in [0.1, 0.15) is 18.8 Å². The van der Waals surface area contributed by atoms with E-state index in [1.807, 2.05) is 0 Å². The third kappa shape index (κ3) is 8.47. The molecule has 0 aliphatic heterocycles. The molecule has 0 aromatic rings. The molecule has 0 bridgehead atoms. The van der Waals surface area contributed by atoms with Gasteiger partial charge in [0.15, 0.2) is 12.2 Å². The van der Waals surface area contributed by atoms with E-state index >= 15 is 0 Å². The first-order chi connectivity index (χ1) is 11.1. The average Bonchev–Trinajstić information content (AvgIpc) is 2.42. The minimum Gasteiger partial charge on any atom is -0.463 e. The van der Waals surface area contributed by atoms with Gasteiger partial charge in [-0.15, -0.1) is 0 Å². The Bertz CT molecular complexity index is 460. The van der Waals surface area contributed by atoms with Gasteiger partial charge in [-0.25, -0.2) is 0 Å². The third-order valence-electron chi connectivity index (χ3n) is 2.86. The quantitative estimate of drug-likeness (QED) is 0.431. The highest BCUT2D eigenvalue weighted by molar-refractivity contribution is 5.68. The van der Waals surface area contributed by atoms with Gasteiger partial charge in [0, 0.05) is 34.8 Å². The summed E-state index contributed by atoms with van der Waals surface area (Å²) in [5.74, 6) is -2.50. The van der Waals surface area contributed by atoms with Crippen molar-refractivity contribution in [3.63, 3.8) is 0 Å². The lowest BCUT2D eigenvalue weighted by atomic mass is 10.0. The zero-order chi connectivity index (χ0) is 18.9. The molecule has 0 N–H and O–H groups in total. The van der Waals surface area contributed by atoms with Gasteiger partial charge in [0.2, 0.25) is 0 Å². The number of hydrogen-bond donors (Lipinski definition) is 0. The summed E-state index contributed by atoms with van der Waals surface area (Å²) in [5, 5.41) is 0. The largest absolute Gasteiger partial charge is 0.463 e. The lowest BCUT2D eigenvalue weighted by Gasteiger charge is -2.33. The Morgan fingerprint density at radius 3 is 1.58 bits per heavy atom. The predicted molar refractivity (Wildman–Crippen MR) is 79.8 cm³/mol. The first kappa shape index (κ1) is 21.8. The molecule has 0 amide bonds. The van der Waals surface area contributed by atoms with E-state index in [2.05, 4.69) is 0 Å². The van der Waals surface area contributed by atoms with Gasteiger partial charge in [0.25, 0.3) is 0 Å². The highest BCUT2D eigenvalue weighted by Gasteiger charge is 2.40. The standard InChI is InChI=1S/C15H24O9/c1-8(22-10(3)17)14(23-11(4)18)15(24-12(5)19)13(20-6)7-21-9(2)16/h8,13-15H,7H2,1-6H3. The van der Waals surface area contributed by atoms with Crippen LogP contribution < -0.4 is 0 Å². The molecule has 4 unspecified atom stereocenters. The minimum atomic E-state index is -1.15. The highest BCUT2D eigenvalue weighted by Crippen LogP contribution is 2.19. The molecule has 0 rings (SSSR count). The molecule has 138 valence electrons. The van der Waals surface area contributed by atoms with Crippen LogP contribution in [0.25, 0.3) is 0 Å². The zero-order valence-corrected chi connectivity index (χ0v) is 14.7. The molecular weight excluding hydrogens is 324 g/mol. The van der Waals surface area contributed by atoms with E-state index in [1.54, 1.807) is 0 Å². The second kappa shape index (κ2) is 10.6. The van der Waals surface area contributed by atoms with E-state index in [9.17, 15) is 19.2 Å². The van der Waals surface area contributed by atoms with E-state index in [0.29, 0.717) is 0 Å². The Hall–Kier alpha value is -2.16. The zero-order valence-electron chi connectivity index (χ0n) is 14.7. The number of carbonyl (C=O) groups excluding carboxylic acids is 4. The van der Waals surface area contributed by atoms with E-state index < -0.39 is 48.3 Å². The van der Waals surface area contributed by atoms with Crippen molar-refractivity contribution < 1.29 is 42.9 Å². The van der Waals surface area contributed by atoms with Gasteiger partial charge in [-0.2, -0.15) is 0 Å². The van der Waals surface area contributed by atoms with Crippen molar-refractivity contribution in [2.45, 2.75) is 59.0 Å². The van der Waals surface area contributed by atoms with Crippen LogP contribution in [0.5, 0.6) is 0 Å². The summed E-state index contributed by atoms with van der Waals surface area (Å²) in [7, 11) is 1.31. The van der Waals surface area contributed by atoms with Crippen molar-refractivity contribution in [1.29, 1.82) is 0 Å². The number of hydrogen-bond acceptors (Lipinski definition) is 9. The molecule has 0 spiro atoms. The number of ether oxygens (including phenoxy) is 5.